The number of sulfonamides is 1. The summed E-state index contributed by atoms with van der Waals surface area (Å²) in [6.07, 6.45) is 2.76. The van der Waals surface area contributed by atoms with E-state index >= 15 is 0 Å². The lowest BCUT2D eigenvalue weighted by atomic mass is 10.3. The molecule has 7 heteroatoms. The van der Waals surface area contributed by atoms with Crippen LogP contribution in [0.5, 0.6) is 0 Å². The van der Waals surface area contributed by atoms with E-state index in [1.807, 2.05) is 0 Å². The predicted molar refractivity (Wildman–Crippen MR) is 84.1 cm³/mol. The number of benzene rings is 1. The van der Waals surface area contributed by atoms with Gasteiger partial charge < -0.3 is 10.5 Å². The average Bonchev–Trinajstić information content (AvgIpc) is 2.40. The fourth-order valence-electron chi connectivity index (χ4n) is 1.55. The molecule has 0 radical (unpaired) electrons. The Bertz CT molecular complexity index is 520. The number of hydrogen-bond acceptors (Lipinski definition) is 4. The molecule has 1 aromatic rings. The van der Waals surface area contributed by atoms with Gasteiger partial charge >= 0.3 is 0 Å². The summed E-state index contributed by atoms with van der Waals surface area (Å²) in [5, 5.41) is 0. The van der Waals surface area contributed by atoms with E-state index in [4.69, 9.17) is 10.5 Å². The molecule has 0 heterocycles. The highest BCUT2D eigenvalue weighted by molar-refractivity contribution is 9.10. The third-order valence-corrected chi connectivity index (χ3v) is 4.67. The zero-order valence-corrected chi connectivity index (χ0v) is 14.0. The van der Waals surface area contributed by atoms with Crippen LogP contribution in [0.2, 0.25) is 0 Å². The molecule has 0 bridgehead atoms. The third kappa shape index (κ3) is 5.78. The van der Waals surface area contributed by atoms with E-state index in [9.17, 15) is 8.42 Å². The first kappa shape index (κ1) is 17.4. The quantitative estimate of drug-likeness (QED) is 0.521. The van der Waals surface area contributed by atoms with E-state index in [1.54, 1.807) is 12.1 Å². The Balaban J connectivity index is 2.44. The van der Waals surface area contributed by atoms with Crippen molar-refractivity contribution >= 4 is 31.6 Å². The minimum Gasteiger partial charge on any atom is -0.398 e. The molecule has 0 saturated carbocycles. The molecule has 0 unspecified atom stereocenters. The number of ether oxygens (including phenoxy) is 1. The van der Waals surface area contributed by atoms with Crippen molar-refractivity contribution in [3.63, 3.8) is 0 Å². The summed E-state index contributed by atoms with van der Waals surface area (Å²) in [7, 11) is -3.57. The molecule has 0 aliphatic carbocycles. The maximum Gasteiger partial charge on any atom is 0.242 e. The molecule has 1 aromatic carbocycles. The highest BCUT2D eigenvalue weighted by Gasteiger charge is 2.16. The number of anilines is 1. The van der Waals surface area contributed by atoms with Crippen LogP contribution in [0.1, 0.15) is 26.2 Å². The molecule has 0 aromatic heterocycles. The van der Waals surface area contributed by atoms with Crippen molar-refractivity contribution < 1.29 is 13.2 Å². The number of nitrogen functional groups attached to an aromatic ring is 1. The molecule has 0 fully saturated rings. The molecular formula is C13H21BrN2O3S. The van der Waals surface area contributed by atoms with Gasteiger partial charge in [-0.1, -0.05) is 29.3 Å². The second-order valence-corrected chi connectivity index (χ2v) is 7.05. The van der Waals surface area contributed by atoms with E-state index in [0.717, 1.165) is 19.4 Å². The van der Waals surface area contributed by atoms with Gasteiger partial charge in [0.25, 0.3) is 0 Å². The minimum atomic E-state index is -3.57. The molecule has 0 amide bonds. The Morgan fingerprint density at radius 2 is 2.00 bits per heavy atom. The molecule has 0 saturated heterocycles. The third-order valence-electron chi connectivity index (χ3n) is 2.66. The summed E-state index contributed by atoms with van der Waals surface area (Å²) in [5.41, 5.74) is 5.93. The van der Waals surface area contributed by atoms with Crippen LogP contribution >= 0.6 is 15.9 Å². The van der Waals surface area contributed by atoms with Gasteiger partial charge in [0.15, 0.2) is 0 Å². The van der Waals surface area contributed by atoms with Gasteiger partial charge in [-0.25, -0.2) is 13.1 Å². The number of nitrogens with one attached hydrogen (secondary N) is 1. The van der Waals surface area contributed by atoms with Gasteiger partial charge in [-0.15, -0.1) is 0 Å². The van der Waals surface area contributed by atoms with Crippen LogP contribution in [0, 0.1) is 0 Å². The fraction of sp³-hybridized carbons (Fsp3) is 0.538. The molecule has 20 heavy (non-hydrogen) atoms. The molecule has 3 N–H and O–H groups in total. The van der Waals surface area contributed by atoms with E-state index in [-0.39, 0.29) is 10.6 Å². The van der Waals surface area contributed by atoms with Crippen LogP contribution in [0.15, 0.2) is 27.6 Å². The van der Waals surface area contributed by atoms with Crippen LogP contribution in [-0.4, -0.2) is 28.2 Å². The predicted octanol–water partition coefficient (Wildman–Crippen LogP) is 2.52. The van der Waals surface area contributed by atoms with Gasteiger partial charge in [-0.3, -0.25) is 0 Å². The van der Waals surface area contributed by atoms with Gasteiger partial charge in [-0.2, -0.15) is 0 Å². The topological polar surface area (TPSA) is 81.4 Å². The highest BCUT2D eigenvalue weighted by atomic mass is 79.9. The zero-order valence-electron chi connectivity index (χ0n) is 11.6. The van der Waals surface area contributed by atoms with Gasteiger partial charge in [0, 0.05) is 24.2 Å². The van der Waals surface area contributed by atoms with Crippen molar-refractivity contribution in [1.29, 1.82) is 0 Å². The molecule has 0 aliphatic heterocycles. The monoisotopic (exact) mass is 364 g/mol. The maximum atomic E-state index is 12.1. The van der Waals surface area contributed by atoms with Gasteiger partial charge in [0.2, 0.25) is 10.0 Å². The Morgan fingerprint density at radius 3 is 2.70 bits per heavy atom. The molecule has 5 nitrogen and oxygen atoms in total. The van der Waals surface area contributed by atoms with E-state index in [2.05, 4.69) is 27.6 Å². The summed E-state index contributed by atoms with van der Waals surface area (Å²) in [6, 6.07) is 4.76. The summed E-state index contributed by atoms with van der Waals surface area (Å²) in [6.45, 7) is 3.71. The molecule has 0 aliphatic rings. The largest absolute Gasteiger partial charge is 0.398 e. The number of rotatable bonds is 9. The van der Waals surface area contributed by atoms with Crippen LogP contribution in [0.3, 0.4) is 0 Å². The first-order valence-corrected chi connectivity index (χ1v) is 8.87. The molecule has 1 rings (SSSR count). The Hall–Kier alpha value is -0.630. The van der Waals surface area contributed by atoms with Crippen molar-refractivity contribution in [1.82, 2.24) is 4.72 Å². The van der Waals surface area contributed by atoms with Crippen molar-refractivity contribution in [3.05, 3.63) is 22.7 Å². The lowest BCUT2D eigenvalue weighted by Crippen LogP contribution is -2.26. The van der Waals surface area contributed by atoms with Gasteiger partial charge in [0.05, 0.1) is 5.69 Å². The van der Waals surface area contributed by atoms with Crippen LogP contribution < -0.4 is 10.5 Å². The van der Waals surface area contributed by atoms with Gasteiger partial charge in [0.1, 0.15) is 4.90 Å². The summed E-state index contributed by atoms with van der Waals surface area (Å²) >= 11 is 3.24. The van der Waals surface area contributed by atoms with Crippen LogP contribution in [-0.2, 0) is 14.8 Å². The average molecular weight is 365 g/mol. The SMILES string of the molecule is CCCCOCCCNS(=O)(=O)c1cc(Br)ccc1N. The first-order chi connectivity index (χ1) is 9.47. The summed E-state index contributed by atoms with van der Waals surface area (Å²) in [4.78, 5) is 0.0961. The van der Waals surface area contributed by atoms with Gasteiger partial charge in [-0.05, 0) is 31.0 Å². The van der Waals surface area contributed by atoms with Crippen LogP contribution in [0.4, 0.5) is 5.69 Å². The van der Waals surface area contributed by atoms with Crippen LogP contribution in [0.25, 0.3) is 0 Å². The zero-order chi connectivity index (χ0) is 15.0. The van der Waals surface area contributed by atoms with E-state index in [0.29, 0.717) is 24.0 Å². The molecule has 0 spiro atoms. The van der Waals surface area contributed by atoms with Crippen molar-refractivity contribution in [2.45, 2.75) is 31.1 Å². The van der Waals surface area contributed by atoms with E-state index in [1.165, 1.54) is 6.07 Å². The second kappa shape index (κ2) is 8.61. The van der Waals surface area contributed by atoms with Crippen molar-refractivity contribution in [2.24, 2.45) is 0 Å². The van der Waals surface area contributed by atoms with Crippen molar-refractivity contribution in [3.8, 4) is 0 Å². The lowest BCUT2D eigenvalue weighted by Gasteiger charge is -2.09. The Labute approximate surface area is 129 Å². The summed E-state index contributed by atoms with van der Waals surface area (Å²) in [5.74, 6) is 0. The molecular weight excluding hydrogens is 344 g/mol. The minimum absolute atomic E-state index is 0.0961. The number of nitrogens with two attached hydrogens (primary N) is 1. The summed E-state index contributed by atoms with van der Waals surface area (Å²) < 4.78 is 32.7. The Kier molecular flexibility index (Phi) is 7.50. The fourth-order valence-corrected chi connectivity index (χ4v) is 3.29. The first-order valence-electron chi connectivity index (χ1n) is 6.60. The maximum absolute atomic E-state index is 12.1. The molecule has 0 atom stereocenters. The number of halogens is 1. The number of unbranched alkanes of at least 4 members (excludes halogenated alkanes) is 1. The Morgan fingerprint density at radius 1 is 1.30 bits per heavy atom. The number of hydrogen-bond donors (Lipinski definition) is 2. The van der Waals surface area contributed by atoms with Crippen molar-refractivity contribution in [2.75, 3.05) is 25.5 Å². The lowest BCUT2D eigenvalue weighted by molar-refractivity contribution is 0.130. The van der Waals surface area contributed by atoms with E-state index < -0.39 is 10.0 Å². The smallest absolute Gasteiger partial charge is 0.242 e. The highest BCUT2D eigenvalue weighted by Crippen LogP contribution is 2.22. The standard InChI is InChI=1S/C13H21BrN2O3S/c1-2-3-8-19-9-4-7-16-20(17,18)13-10-11(14)5-6-12(13)15/h5-6,10,16H,2-4,7-9,15H2,1H3. The second-order valence-electron chi connectivity index (χ2n) is 4.40. The molecule has 114 valence electrons. The normalized spacial score (nSPS) is 11.7.